The number of likely N-dealkylation sites (N-methyl/N-ethyl adjacent to an activating group) is 1. The van der Waals surface area contributed by atoms with Gasteiger partial charge in [0.15, 0.2) is 0 Å². The van der Waals surface area contributed by atoms with E-state index in [9.17, 15) is 4.79 Å². The molecular weight excluding hydrogens is 288 g/mol. The molecule has 0 spiro atoms. The number of benzene rings is 2. The molecule has 0 aliphatic heterocycles. The largest absolute Gasteiger partial charge is 0.370 e. The summed E-state index contributed by atoms with van der Waals surface area (Å²) in [7, 11) is 1.99. The fraction of sp³-hybridized carbons (Fsp3) is 0.222. The van der Waals surface area contributed by atoms with E-state index in [4.69, 9.17) is 5.26 Å². The molecule has 2 aromatic carbocycles. The Morgan fingerprint density at radius 1 is 1.17 bits per heavy atom. The average molecular weight is 308 g/mol. The SMILES string of the molecule is CC(CNC(=O)Nc1ccccc1C#N)N(C)c1ccccc1. The first kappa shape index (κ1) is 16.4. The number of nitrogens with one attached hydrogen (secondary N) is 2. The van der Waals surface area contributed by atoms with Crippen LogP contribution >= 0.6 is 0 Å². The highest BCUT2D eigenvalue weighted by Crippen LogP contribution is 2.14. The molecule has 0 saturated heterocycles. The van der Waals surface area contributed by atoms with Gasteiger partial charge in [0.05, 0.1) is 11.3 Å². The van der Waals surface area contributed by atoms with Crippen molar-refractivity contribution in [3.63, 3.8) is 0 Å². The van der Waals surface area contributed by atoms with E-state index in [1.165, 1.54) is 0 Å². The fourth-order valence-electron chi connectivity index (χ4n) is 2.15. The molecule has 5 nitrogen and oxygen atoms in total. The first-order valence-corrected chi connectivity index (χ1v) is 7.43. The molecular formula is C18H20N4O. The van der Waals surface area contributed by atoms with Crippen LogP contribution in [0.25, 0.3) is 0 Å². The predicted molar refractivity (Wildman–Crippen MR) is 92.5 cm³/mol. The summed E-state index contributed by atoms with van der Waals surface area (Å²) in [6.07, 6.45) is 0. The second-order valence-corrected chi connectivity index (χ2v) is 5.29. The van der Waals surface area contributed by atoms with Crippen molar-refractivity contribution in [3.05, 3.63) is 60.2 Å². The van der Waals surface area contributed by atoms with Gasteiger partial charge in [0.2, 0.25) is 0 Å². The van der Waals surface area contributed by atoms with Crippen LogP contribution in [0.5, 0.6) is 0 Å². The summed E-state index contributed by atoms with van der Waals surface area (Å²) >= 11 is 0. The van der Waals surface area contributed by atoms with Gasteiger partial charge in [-0.05, 0) is 31.2 Å². The van der Waals surface area contributed by atoms with E-state index in [0.29, 0.717) is 17.8 Å². The number of para-hydroxylation sites is 2. The molecule has 0 aliphatic carbocycles. The Labute approximate surface area is 136 Å². The van der Waals surface area contributed by atoms with E-state index in [1.54, 1.807) is 24.3 Å². The third-order valence-electron chi connectivity index (χ3n) is 3.68. The maximum Gasteiger partial charge on any atom is 0.319 e. The number of hydrogen-bond acceptors (Lipinski definition) is 3. The zero-order valence-corrected chi connectivity index (χ0v) is 13.3. The summed E-state index contributed by atoms with van der Waals surface area (Å²) in [5.41, 5.74) is 2.05. The number of anilines is 2. The van der Waals surface area contributed by atoms with Crippen LogP contribution < -0.4 is 15.5 Å². The number of nitriles is 1. The van der Waals surface area contributed by atoms with Crippen molar-refractivity contribution in [1.82, 2.24) is 5.32 Å². The zero-order valence-electron chi connectivity index (χ0n) is 13.3. The summed E-state index contributed by atoms with van der Waals surface area (Å²) in [5, 5.41) is 14.6. The van der Waals surface area contributed by atoms with E-state index in [1.807, 2.05) is 44.3 Å². The van der Waals surface area contributed by atoms with Crippen molar-refractivity contribution < 1.29 is 4.79 Å². The number of amides is 2. The van der Waals surface area contributed by atoms with Crippen LogP contribution in [-0.2, 0) is 0 Å². The zero-order chi connectivity index (χ0) is 16.7. The van der Waals surface area contributed by atoms with Crippen molar-refractivity contribution in [2.24, 2.45) is 0 Å². The van der Waals surface area contributed by atoms with E-state index in [0.717, 1.165) is 5.69 Å². The molecule has 0 fully saturated rings. The first-order chi connectivity index (χ1) is 11.1. The van der Waals surface area contributed by atoms with Crippen molar-refractivity contribution >= 4 is 17.4 Å². The summed E-state index contributed by atoms with van der Waals surface area (Å²) in [6, 6.07) is 18.8. The van der Waals surface area contributed by atoms with Gasteiger partial charge in [0.25, 0.3) is 0 Å². The van der Waals surface area contributed by atoms with Gasteiger partial charge in [-0.25, -0.2) is 4.79 Å². The number of urea groups is 1. The third kappa shape index (κ3) is 4.48. The lowest BCUT2D eigenvalue weighted by Gasteiger charge is -2.27. The number of rotatable bonds is 5. The van der Waals surface area contributed by atoms with Crippen LogP contribution in [0.15, 0.2) is 54.6 Å². The van der Waals surface area contributed by atoms with E-state index in [2.05, 4.69) is 21.6 Å². The molecule has 0 saturated carbocycles. The van der Waals surface area contributed by atoms with Crippen LogP contribution in [0.4, 0.5) is 16.2 Å². The molecule has 118 valence electrons. The molecule has 0 heterocycles. The Morgan fingerprint density at radius 3 is 2.52 bits per heavy atom. The minimum absolute atomic E-state index is 0.134. The van der Waals surface area contributed by atoms with Gasteiger partial charge in [0.1, 0.15) is 6.07 Å². The van der Waals surface area contributed by atoms with Gasteiger partial charge < -0.3 is 15.5 Å². The van der Waals surface area contributed by atoms with Gasteiger partial charge in [-0.2, -0.15) is 5.26 Å². The molecule has 5 heteroatoms. The highest BCUT2D eigenvalue weighted by molar-refractivity contribution is 5.90. The molecule has 2 amide bonds. The molecule has 1 unspecified atom stereocenters. The lowest BCUT2D eigenvalue weighted by molar-refractivity contribution is 0.251. The summed E-state index contributed by atoms with van der Waals surface area (Å²) < 4.78 is 0. The quantitative estimate of drug-likeness (QED) is 0.891. The Kier molecular flexibility index (Phi) is 5.59. The maximum atomic E-state index is 12.0. The molecule has 0 aromatic heterocycles. The van der Waals surface area contributed by atoms with Gasteiger partial charge in [0, 0.05) is 25.3 Å². The van der Waals surface area contributed by atoms with Crippen LogP contribution in [-0.4, -0.2) is 25.7 Å². The van der Waals surface area contributed by atoms with Gasteiger partial charge >= 0.3 is 6.03 Å². The minimum atomic E-state index is -0.319. The normalized spacial score (nSPS) is 11.2. The van der Waals surface area contributed by atoms with Gasteiger partial charge in [-0.3, -0.25) is 0 Å². The lowest BCUT2D eigenvalue weighted by Crippen LogP contribution is -2.41. The highest BCUT2D eigenvalue weighted by atomic mass is 16.2. The standard InChI is InChI=1S/C18H20N4O/c1-14(22(2)16-9-4-3-5-10-16)13-20-18(23)21-17-11-7-6-8-15(17)12-19/h3-11,14H,13H2,1-2H3,(H2,20,21,23). The van der Waals surface area contributed by atoms with Crippen molar-refractivity contribution in [3.8, 4) is 6.07 Å². The smallest absolute Gasteiger partial charge is 0.319 e. The van der Waals surface area contributed by atoms with Crippen LogP contribution in [0, 0.1) is 11.3 Å². The molecule has 0 aliphatic rings. The van der Waals surface area contributed by atoms with Crippen molar-refractivity contribution in [2.75, 3.05) is 23.8 Å². The van der Waals surface area contributed by atoms with E-state index < -0.39 is 0 Å². The first-order valence-electron chi connectivity index (χ1n) is 7.43. The summed E-state index contributed by atoms with van der Waals surface area (Å²) in [4.78, 5) is 14.1. The van der Waals surface area contributed by atoms with E-state index >= 15 is 0 Å². The second-order valence-electron chi connectivity index (χ2n) is 5.29. The number of carbonyl (C=O) groups excluding carboxylic acids is 1. The average Bonchev–Trinajstić information content (AvgIpc) is 2.60. The fourth-order valence-corrected chi connectivity index (χ4v) is 2.15. The summed E-state index contributed by atoms with van der Waals surface area (Å²) in [5.74, 6) is 0. The maximum absolute atomic E-state index is 12.0. The predicted octanol–water partition coefficient (Wildman–Crippen LogP) is 3.20. The van der Waals surface area contributed by atoms with Crippen LogP contribution in [0.2, 0.25) is 0 Å². The monoisotopic (exact) mass is 308 g/mol. The highest BCUT2D eigenvalue weighted by Gasteiger charge is 2.12. The Morgan fingerprint density at radius 2 is 1.83 bits per heavy atom. The van der Waals surface area contributed by atoms with Gasteiger partial charge in [-0.15, -0.1) is 0 Å². The van der Waals surface area contributed by atoms with E-state index in [-0.39, 0.29) is 12.1 Å². The lowest BCUT2D eigenvalue weighted by atomic mass is 10.2. The van der Waals surface area contributed by atoms with Gasteiger partial charge in [-0.1, -0.05) is 30.3 Å². The molecule has 2 rings (SSSR count). The summed E-state index contributed by atoms with van der Waals surface area (Å²) in [6.45, 7) is 2.53. The second kappa shape index (κ2) is 7.85. The molecule has 23 heavy (non-hydrogen) atoms. The Balaban J connectivity index is 1.88. The van der Waals surface area contributed by atoms with Crippen molar-refractivity contribution in [1.29, 1.82) is 5.26 Å². The number of hydrogen-bond donors (Lipinski definition) is 2. The molecule has 0 bridgehead atoms. The van der Waals surface area contributed by atoms with Crippen molar-refractivity contribution in [2.45, 2.75) is 13.0 Å². The minimum Gasteiger partial charge on any atom is -0.370 e. The molecule has 2 aromatic rings. The number of carbonyl (C=O) groups is 1. The Hall–Kier alpha value is -3.00. The van der Waals surface area contributed by atoms with Crippen LogP contribution in [0.3, 0.4) is 0 Å². The third-order valence-corrected chi connectivity index (χ3v) is 3.68. The Bertz CT molecular complexity index is 694. The number of nitrogens with zero attached hydrogens (tertiary/aromatic N) is 2. The molecule has 0 radical (unpaired) electrons. The topological polar surface area (TPSA) is 68.2 Å². The molecule has 1 atom stereocenters. The molecule has 2 N–H and O–H groups in total. The van der Waals surface area contributed by atoms with Crippen LogP contribution in [0.1, 0.15) is 12.5 Å².